The Kier molecular flexibility index (Phi) is 4.04. The molecule has 0 aliphatic rings. The van der Waals surface area contributed by atoms with Crippen molar-refractivity contribution in [3.05, 3.63) is 58.6 Å². The van der Waals surface area contributed by atoms with Crippen molar-refractivity contribution >= 4 is 17.4 Å². The Hall–Kier alpha value is -2.04. The average molecular weight is 277 g/mol. The number of benzene rings is 2. The highest BCUT2D eigenvalue weighted by molar-refractivity contribution is 6.34. The number of aliphatic hydroxyl groups excluding tert-OH is 1. The molecule has 5 heteroatoms. The lowest BCUT2D eigenvalue weighted by Crippen LogP contribution is -2.11. The lowest BCUT2D eigenvalue weighted by atomic mass is 10.2. The number of nitrogens with two attached hydrogens (primary N) is 1. The summed E-state index contributed by atoms with van der Waals surface area (Å²) in [4.78, 5) is 0. The van der Waals surface area contributed by atoms with Crippen molar-refractivity contribution in [2.24, 2.45) is 5.73 Å². The molecule has 2 aromatic rings. The van der Waals surface area contributed by atoms with Crippen LogP contribution in [0.5, 0.6) is 11.5 Å². The molecule has 2 aromatic carbocycles. The first-order valence-electron chi connectivity index (χ1n) is 5.62. The summed E-state index contributed by atoms with van der Waals surface area (Å²) in [5, 5.41) is 16.8. The highest BCUT2D eigenvalue weighted by Gasteiger charge is 2.06. The van der Waals surface area contributed by atoms with Crippen LogP contribution in [0.1, 0.15) is 11.1 Å². The van der Waals surface area contributed by atoms with Gasteiger partial charge in [-0.05, 0) is 29.8 Å². The summed E-state index contributed by atoms with van der Waals surface area (Å²) >= 11 is 6.01. The van der Waals surface area contributed by atoms with E-state index < -0.39 is 0 Å². The molecule has 98 valence electrons. The molecule has 0 aliphatic heterocycles. The molecule has 0 fully saturated rings. The summed E-state index contributed by atoms with van der Waals surface area (Å²) in [5.41, 5.74) is 6.62. The number of amidine groups is 1. The predicted molar refractivity (Wildman–Crippen MR) is 74.9 cm³/mol. The number of hydrogen-bond acceptors (Lipinski definition) is 3. The van der Waals surface area contributed by atoms with Crippen molar-refractivity contribution in [1.29, 1.82) is 5.41 Å². The van der Waals surface area contributed by atoms with Crippen LogP contribution in [-0.4, -0.2) is 10.9 Å². The van der Waals surface area contributed by atoms with Crippen LogP contribution in [0.25, 0.3) is 0 Å². The maximum Gasteiger partial charge on any atom is 0.128 e. The van der Waals surface area contributed by atoms with Crippen molar-refractivity contribution in [2.75, 3.05) is 0 Å². The van der Waals surface area contributed by atoms with Crippen LogP contribution in [0.4, 0.5) is 0 Å². The Bertz CT molecular complexity index is 614. The topological polar surface area (TPSA) is 79.3 Å². The fourth-order valence-electron chi connectivity index (χ4n) is 1.62. The van der Waals surface area contributed by atoms with Gasteiger partial charge in [-0.2, -0.15) is 0 Å². The predicted octanol–water partition coefficient (Wildman–Crippen LogP) is 2.91. The molecular formula is C14H13ClN2O2. The van der Waals surface area contributed by atoms with Gasteiger partial charge in [-0.1, -0.05) is 23.7 Å². The number of aliphatic hydroxyl groups is 1. The van der Waals surface area contributed by atoms with Gasteiger partial charge >= 0.3 is 0 Å². The third-order valence-corrected chi connectivity index (χ3v) is 2.86. The first-order valence-corrected chi connectivity index (χ1v) is 5.99. The monoisotopic (exact) mass is 276 g/mol. The van der Waals surface area contributed by atoms with Crippen LogP contribution in [0.3, 0.4) is 0 Å². The summed E-state index contributed by atoms with van der Waals surface area (Å²) in [6, 6.07) is 12.1. The SMILES string of the molecule is N=C(N)c1ccc(Oc2cccc(CO)c2)cc1Cl. The van der Waals surface area contributed by atoms with Crippen LogP contribution in [-0.2, 0) is 6.61 Å². The third kappa shape index (κ3) is 3.24. The normalized spacial score (nSPS) is 10.2. The zero-order chi connectivity index (χ0) is 13.8. The van der Waals surface area contributed by atoms with E-state index in [9.17, 15) is 0 Å². The largest absolute Gasteiger partial charge is 0.457 e. The van der Waals surface area contributed by atoms with Crippen molar-refractivity contribution in [3.8, 4) is 11.5 Å². The van der Waals surface area contributed by atoms with Crippen molar-refractivity contribution in [3.63, 3.8) is 0 Å². The molecule has 0 aliphatic carbocycles. The second-order valence-corrected chi connectivity index (χ2v) is 4.37. The second-order valence-electron chi connectivity index (χ2n) is 3.96. The summed E-state index contributed by atoms with van der Waals surface area (Å²) in [6.07, 6.45) is 0. The number of hydrogen-bond donors (Lipinski definition) is 3. The lowest BCUT2D eigenvalue weighted by Gasteiger charge is -2.09. The molecule has 0 bridgehead atoms. The maximum atomic E-state index is 9.06. The van der Waals surface area contributed by atoms with E-state index in [-0.39, 0.29) is 12.4 Å². The Balaban J connectivity index is 2.23. The van der Waals surface area contributed by atoms with Gasteiger partial charge in [-0.3, -0.25) is 5.41 Å². The highest BCUT2D eigenvalue weighted by atomic mass is 35.5. The van der Waals surface area contributed by atoms with E-state index in [1.807, 2.05) is 0 Å². The minimum absolute atomic E-state index is 0.0404. The number of ether oxygens (including phenoxy) is 1. The molecule has 0 atom stereocenters. The van der Waals surface area contributed by atoms with E-state index in [1.165, 1.54) is 0 Å². The Morgan fingerprint density at radius 2 is 1.95 bits per heavy atom. The van der Waals surface area contributed by atoms with E-state index >= 15 is 0 Å². The van der Waals surface area contributed by atoms with Gasteiger partial charge in [0.2, 0.25) is 0 Å². The van der Waals surface area contributed by atoms with Gasteiger partial charge in [0.25, 0.3) is 0 Å². The summed E-state index contributed by atoms with van der Waals surface area (Å²) in [7, 11) is 0. The van der Waals surface area contributed by atoms with Gasteiger partial charge in [0.05, 0.1) is 11.6 Å². The van der Waals surface area contributed by atoms with Gasteiger partial charge in [-0.15, -0.1) is 0 Å². The number of nitrogen functional groups attached to an aromatic ring is 1. The van der Waals surface area contributed by atoms with Crippen molar-refractivity contribution in [2.45, 2.75) is 6.61 Å². The minimum atomic E-state index is -0.0844. The standard InChI is InChI=1S/C14H13ClN2O2/c15-13-7-11(4-5-12(13)14(16)17)19-10-3-1-2-9(6-10)8-18/h1-7,18H,8H2,(H3,16,17). The van der Waals surface area contributed by atoms with Gasteiger partial charge in [0.1, 0.15) is 17.3 Å². The van der Waals surface area contributed by atoms with Crippen LogP contribution in [0.2, 0.25) is 5.02 Å². The molecule has 0 radical (unpaired) electrons. The van der Waals surface area contributed by atoms with Gasteiger partial charge in [-0.25, -0.2) is 0 Å². The average Bonchev–Trinajstić information content (AvgIpc) is 2.38. The summed E-state index contributed by atoms with van der Waals surface area (Å²) in [6.45, 7) is -0.0404. The first kappa shape index (κ1) is 13.4. The molecule has 0 spiro atoms. The fraction of sp³-hybridized carbons (Fsp3) is 0.0714. The molecule has 2 rings (SSSR count). The summed E-state index contributed by atoms with van der Waals surface area (Å²) < 4.78 is 5.63. The Labute approximate surface area is 115 Å². The molecule has 0 amide bonds. The van der Waals surface area contributed by atoms with Crippen molar-refractivity contribution < 1.29 is 9.84 Å². The zero-order valence-electron chi connectivity index (χ0n) is 10.1. The molecule has 19 heavy (non-hydrogen) atoms. The molecule has 0 saturated heterocycles. The third-order valence-electron chi connectivity index (χ3n) is 2.55. The molecule has 0 heterocycles. The smallest absolute Gasteiger partial charge is 0.128 e. The molecule has 0 aromatic heterocycles. The number of halogens is 1. The Morgan fingerprint density at radius 3 is 2.58 bits per heavy atom. The van der Waals surface area contributed by atoms with E-state index in [4.69, 9.17) is 32.6 Å². The lowest BCUT2D eigenvalue weighted by molar-refractivity contribution is 0.281. The van der Waals surface area contributed by atoms with Crippen LogP contribution < -0.4 is 10.5 Å². The van der Waals surface area contributed by atoms with Gasteiger partial charge < -0.3 is 15.6 Å². The molecule has 4 nitrogen and oxygen atoms in total. The molecule has 4 N–H and O–H groups in total. The Morgan fingerprint density at radius 1 is 1.21 bits per heavy atom. The quantitative estimate of drug-likeness (QED) is 0.593. The second kappa shape index (κ2) is 5.73. The van der Waals surface area contributed by atoms with Crippen LogP contribution in [0.15, 0.2) is 42.5 Å². The molecule has 0 saturated carbocycles. The number of nitrogens with one attached hydrogen (secondary N) is 1. The van der Waals surface area contributed by atoms with Crippen LogP contribution >= 0.6 is 11.6 Å². The fourth-order valence-corrected chi connectivity index (χ4v) is 1.89. The minimum Gasteiger partial charge on any atom is -0.457 e. The molecule has 0 unspecified atom stereocenters. The number of rotatable bonds is 4. The van der Waals surface area contributed by atoms with E-state index in [1.54, 1.807) is 42.5 Å². The van der Waals surface area contributed by atoms with Gasteiger partial charge in [0.15, 0.2) is 0 Å². The van der Waals surface area contributed by atoms with Crippen molar-refractivity contribution in [1.82, 2.24) is 0 Å². The zero-order valence-corrected chi connectivity index (χ0v) is 10.8. The van der Waals surface area contributed by atoms with E-state index in [2.05, 4.69) is 0 Å². The maximum absolute atomic E-state index is 9.06. The molecular weight excluding hydrogens is 264 g/mol. The van der Waals surface area contributed by atoms with E-state index in [0.717, 1.165) is 5.56 Å². The highest BCUT2D eigenvalue weighted by Crippen LogP contribution is 2.27. The van der Waals surface area contributed by atoms with Crippen LogP contribution in [0, 0.1) is 5.41 Å². The first-order chi connectivity index (χ1) is 9.10. The van der Waals surface area contributed by atoms with E-state index in [0.29, 0.717) is 22.1 Å². The van der Waals surface area contributed by atoms with Gasteiger partial charge in [0, 0.05) is 11.6 Å². The summed E-state index contributed by atoms with van der Waals surface area (Å²) in [5.74, 6) is 1.07.